The van der Waals surface area contributed by atoms with E-state index in [1.165, 1.54) is 6.07 Å². The summed E-state index contributed by atoms with van der Waals surface area (Å²) in [5.74, 6) is 0.102. The van der Waals surface area contributed by atoms with Crippen LogP contribution in [0.15, 0.2) is 42.7 Å². The largest absolute Gasteiger partial charge is 0.417 e. The van der Waals surface area contributed by atoms with Crippen molar-refractivity contribution in [3.8, 4) is 0 Å². The highest BCUT2D eigenvalue weighted by Crippen LogP contribution is 2.30. The Morgan fingerprint density at radius 3 is 2.54 bits per heavy atom. The molecule has 1 aromatic carbocycles. The van der Waals surface area contributed by atoms with Gasteiger partial charge in [-0.05, 0) is 43.2 Å². The number of halogens is 3. The fourth-order valence-electron chi connectivity index (χ4n) is 4.50. The number of aryl methyl sites for hydroxylation is 1. The second kappa shape index (κ2) is 8.81. The lowest BCUT2D eigenvalue weighted by molar-refractivity contribution is -0.137. The molecule has 1 aliphatic rings. The molecule has 0 aliphatic carbocycles. The first kappa shape index (κ1) is 23.0. The van der Waals surface area contributed by atoms with Crippen molar-refractivity contribution in [2.75, 3.05) is 18.8 Å². The van der Waals surface area contributed by atoms with Gasteiger partial charge in [0, 0.05) is 37.3 Å². The summed E-state index contributed by atoms with van der Waals surface area (Å²) in [5, 5.41) is 9.26. The van der Waals surface area contributed by atoms with E-state index in [0.717, 1.165) is 42.4 Å². The molecule has 0 bridgehead atoms. The van der Waals surface area contributed by atoms with Crippen molar-refractivity contribution in [2.24, 2.45) is 7.05 Å². The molecule has 0 spiro atoms. The summed E-state index contributed by atoms with van der Waals surface area (Å²) in [6.07, 6.45) is 0.912. The SMILES string of the molecule is Cn1ncc2c(N)nc3ccc(C(=O)N(Cc4ccc(C(F)(F)F)cn4)N4CCCCC4)cc3c21. The molecule has 1 fully saturated rings. The van der Waals surface area contributed by atoms with E-state index in [0.29, 0.717) is 41.1 Å². The summed E-state index contributed by atoms with van der Waals surface area (Å²) in [4.78, 5) is 22.2. The van der Waals surface area contributed by atoms with Crippen molar-refractivity contribution in [1.29, 1.82) is 0 Å². The van der Waals surface area contributed by atoms with Gasteiger partial charge >= 0.3 is 6.18 Å². The first-order valence-corrected chi connectivity index (χ1v) is 11.3. The summed E-state index contributed by atoms with van der Waals surface area (Å²) < 4.78 is 40.6. The second-order valence-electron chi connectivity index (χ2n) is 8.67. The minimum absolute atomic E-state index is 0.0656. The number of aromatic nitrogens is 4. The number of nitrogens with zero attached hydrogens (tertiary/aromatic N) is 6. The van der Waals surface area contributed by atoms with Gasteiger partial charge in [-0.3, -0.25) is 19.5 Å². The molecule has 5 rings (SSSR count). The molecule has 0 saturated carbocycles. The number of benzene rings is 1. The third-order valence-electron chi connectivity index (χ3n) is 6.33. The van der Waals surface area contributed by atoms with Crippen LogP contribution in [-0.2, 0) is 19.8 Å². The van der Waals surface area contributed by atoms with E-state index in [1.807, 2.05) is 5.01 Å². The predicted molar refractivity (Wildman–Crippen MR) is 125 cm³/mol. The Hall–Kier alpha value is -3.73. The van der Waals surface area contributed by atoms with Crippen molar-refractivity contribution < 1.29 is 18.0 Å². The predicted octanol–water partition coefficient (Wildman–Crippen LogP) is 4.16. The summed E-state index contributed by atoms with van der Waals surface area (Å²) in [5.41, 5.74) is 7.49. The van der Waals surface area contributed by atoms with Gasteiger partial charge in [-0.25, -0.2) is 9.99 Å². The minimum Gasteiger partial charge on any atom is -0.383 e. The average molecular weight is 483 g/mol. The number of nitrogen functional groups attached to an aromatic ring is 1. The molecule has 1 amide bonds. The van der Waals surface area contributed by atoms with Crippen molar-refractivity contribution in [1.82, 2.24) is 29.8 Å². The van der Waals surface area contributed by atoms with E-state index >= 15 is 0 Å². The molecule has 4 aromatic rings. The maximum atomic E-state index is 13.8. The Balaban J connectivity index is 1.52. The minimum atomic E-state index is -4.46. The van der Waals surface area contributed by atoms with E-state index in [2.05, 4.69) is 15.1 Å². The Labute approximate surface area is 199 Å². The standard InChI is InChI=1S/C24H24F3N7O/c1-32-21-18-11-15(5-8-20(18)31-22(28)19(21)13-30-32)23(35)34(33-9-3-2-4-10-33)14-17-7-6-16(12-29-17)24(25,26)27/h5-8,11-13H,2-4,9-10,14H2,1H3,(H2,28,31). The van der Waals surface area contributed by atoms with E-state index in [-0.39, 0.29) is 12.5 Å². The molecule has 1 saturated heterocycles. The Morgan fingerprint density at radius 2 is 1.86 bits per heavy atom. The monoisotopic (exact) mass is 483 g/mol. The molecule has 1 aliphatic heterocycles. The number of amides is 1. The van der Waals surface area contributed by atoms with Gasteiger partial charge in [0.2, 0.25) is 0 Å². The van der Waals surface area contributed by atoms with Crippen LogP contribution >= 0.6 is 0 Å². The number of nitrogens with two attached hydrogens (primary N) is 1. The average Bonchev–Trinajstić information content (AvgIpc) is 3.25. The van der Waals surface area contributed by atoms with Crippen molar-refractivity contribution in [3.63, 3.8) is 0 Å². The molecule has 0 unspecified atom stereocenters. The van der Waals surface area contributed by atoms with Gasteiger partial charge in [0.05, 0.1) is 40.4 Å². The molecular formula is C24H24F3N7O. The van der Waals surface area contributed by atoms with Gasteiger partial charge in [-0.15, -0.1) is 0 Å². The Kier molecular flexibility index (Phi) is 5.79. The van der Waals surface area contributed by atoms with Crippen LogP contribution in [0.25, 0.3) is 21.8 Å². The maximum absolute atomic E-state index is 13.8. The zero-order valence-electron chi connectivity index (χ0n) is 19.1. The second-order valence-corrected chi connectivity index (χ2v) is 8.67. The molecule has 4 heterocycles. The Bertz CT molecular complexity index is 1390. The third kappa shape index (κ3) is 4.39. The molecule has 182 valence electrons. The van der Waals surface area contributed by atoms with Gasteiger partial charge in [0.25, 0.3) is 5.91 Å². The molecule has 0 atom stereocenters. The Morgan fingerprint density at radius 1 is 1.09 bits per heavy atom. The number of fused-ring (bicyclic) bond motifs is 3. The number of hydrogen-bond donors (Lipinski definition) is 1. The lowest BCUT2D eigenvalue weighted by atomic mass is 10.1. The molecule has 11 heteroatoms. The maximum Gasteiger partial charge on any atom is 0.417 e. The highest BCUT2D eigenvalue weighted by molar-refractivity contribution is 6.10. The number of rotatable bonds is 4. The van der Waals surface area contributed by atoms with Crippen LogP contribution in [0, 0.1) is 0 Å². The number of piperidine rings is 1. The molecule has 35 heavy (non-hydrogen) atoms. The lowest BCUT2D eigenvalue weighted by Gasteiger charge is -2.37. The highest BCUT2D eigenvalue weighted by Gasteiger charge is 2.31. The third-order valence-corrected chi connectivity index (χ3v) is 6.33. The molecule has 2 N–H and O–H groups in total. The van der Waals surface area contributed by atoms with Gasteiger partial charge in [0.15, 0.2) is 0 Å². The highest BCUT2D eigenvalue weighted by atomic mass is 19.4. The number of alkyl halides is 3. The van der Waals surface area contributed by atoms with Gasteiger partial charge in [0.1, 0.15) is 5.82 Å². The molecule has 3 aromatic heterocycles. The summed E-state index contributed by atoms with van der Waals surface area (Å²) in [6, 6.07) is 7.52. The quantitative estimate of drug-likeness (QED) is 0.469. The number of pyridine rings is 2. The van der Waals surface area contributed by atoms with Crippen molar-refractivity contribution in [3.05, 3.63) is 59.5 Å². The summed E-state index contributed by atoms with van der Waals surface area (Å²) in [6.45, 7) is 1.43. The topological polar surface area (TPSA) is 93.2 Å². The fraction of sp³-hybridized carbons (Fsp3) is 0.333. The van der Waals surface area contributed by atoms with Crippen LogP contribution in [0.2, 0.25) is 0 Å². The van der Waals surface area contributed by atoms with Crippen molar-refractivity contribution in [2.45, 2.75) is 32.0 Å². The van der Waals surface area contributed by atoms with E-state index in [1.54, 1.807) is 41.1 Å². The van der Waals surface area contributed by atoms with E-state index < -0.39 is 11.7 Å². The van der Waals surface area contributed by atoms with Crippen LogP contribution in [0.3, 0.4) is 0 Å². The van der Waals surface area contributed by atoms with E-state index in [9.17, 15) is 18.0 Å². The fourth-order valence-corrected chi connectivity index (χ4v) is 4.50. The first-order chi connectivity index (χ1) is 16.7. The lowest BCUT2D eigenvalue weighted by Crippen LogP contribution is -2.48. The van der Waals surface area contributed by atoms with Gasteiger partial charge in [-0.1, -0.05) is 6.42 Å². The summed E-state index contributed by atoms with van der Waals surface area (Å²) in [7, 11) is 1.80. The van der Waals surface area contributed by atoms with E-state index in [4.69, 9.17) is 5.73 Å². The van der Waals surface area contributed by atoms with Crippen LogP contribution in [0.5, 0.6) is 0 Å². The van der Waals surface area contributed by atoms with Crippen LogP contribution in [0.4, 0.5) is 19.0 Å². The van der Waals surface area contributed by atoms with Gasteiger partial charge < -0.3 is 5.73 Å². The zero-order valence-corrected chi connectivity index (χ0v) is 19.1. The number of hydrogen-bond acceptors (Lipinski definition) is 6. The number of anilines is 1. The van der Waals surface area contributed by atoms with Crippen LogP contribution in [0.1, 0.15) is 40.9 Å². The van der Waals surface area contributed by atoms with Crippen molar-refractivity contribution >= 4 is 33.5 Å². The smallest absolute Gasteiger partial charge is 0.383 e. The number of carbonyl (C=O) groups is 1. The van der Waals surface area contributed by atoms with Crippen LogP contribution in [-0.4, -0.2) is 48.8 Å². The summed E-state index contributed by atoms with van der Waals surface area (Å²) >= 11 is 0. The number of carbonyl (C=O) groups excluding carboxylic acids is 1. The zero-order chi connectivity index (χ0) is 24.7. The number of hydrazine groups is 1. The first-order valence-electron chi connectivity index (χ1n) is 11.3. The molecular weight excluding hydrogens is 459 g/mol. The normalized spacial score (nSPS) is 15.1. The van der Waals surface area contributed by atoms with Crippen LogP contribution < -0.4 is 5.73 Å². The van der Waals surface area contributed by atoms with Gasteiger partial charge in [-0.2, -0.15) is 18.3 Å². The molecule has 8 nitrogen and oxygen atoms in total. The molecule has 0 radical (unpaired) electrons.